The van der Waals surface area contributed by atoms with Crippen LogP contribution in [0.5, 0.6) is 0 Å². The Hall–Kier alpha value is -2.77. The van der Waals surface area contributed by atoms with E-state index in [2.05, 4.69) is 19.8 Å². The van der Waals surface area contributed by atoms with Gasteiger partial charge in [0.2, 0.25) is 5.95 Å². The summed E-state index contributed by atoms with van der Waals surface area (Å²) in [4.78, 5) is 31.4. The molecule has 2 aromatic heterocycles. The molecule has 0 aliphatic carbocycles. The highest BCUT2D eigenvalue weighted by Gasteiger charge is 2.24. The Morgan fingerprint density at radius 3 is 2.50 bits per heavy atom. The number of amides is 1. The van der Waals surface area contributed by atoms with Gasteiger partial charge in [0.25, 0.3) is 5.91 Å². The quantitative estimate of drug-likeness (QED) is 0.832. The van der Waals surface area contributed by atoms with E-state index in [0.29, 0.717) is 26.2 Å². The van der Waals surface area contributed by atoms with Crippen molar-refractivity contribution >= 4 is 17.7 Å². The number of anilines is 2. The summed E-state index contributed by atoms with van der Waals surface area (Å²) in [7, 11) is 0. The molecule has 4 heterocycles. The molecule has 7 nitrogen and oxygen atoms in total. The first-order valence-electron chi connectivity index (χ1n) is 8.93. The maximum Gasteiger partial charge on any atom is 0.255 e. The molecule has 0 spiro atoms. The highest BCUT2D eigenvalue weighted by molar-refractivity contribution is 5.94. The number of carbonyl (C=O) groups is 1. The third-order valence-electron chi connectivity index (χ3n) is 4.86. The van der Waals surface area contributed by atoms with Crippen LogP contribution in [0.15, 0.2) is 30.7 Å². The van der Waals surface area contributed by atoms with Gasteiger partial charge in [0.1, 0.15) is 11.6 Å². The maximum atomic E-state index is 13.3. The van der Waals surface area contributed by atoms with Crippen LogP contribution < -0.4 is 9.80 Å². The number of halogens is 1. The smallest absolute Gasteiger partial charge is 0.255 e. The fraction of sp³-hybridized carbons (Fsp3) is 0.444. The van der Waals surface area contributed by atoms with E-state index in [1.807, 2.05) is 6.07 Å². The van der Waals surface area contributed by atoms with E-state index in [9.17, 15) is 9.18 Å². The monoisotopic (exact) mass is 356 g/mol. The standard InChI is InChI=1S/C18H21FN6O/c19-15-11-14(12-20-13-15)17(26)24-9-7-23(8-10-24)16-3-4-21-18(22-16)25-5-1-2-6-25/h3-4,11-13H,1-2,5-10H2. The molecule has 26 heavy (non-hydrogen) atoms. The second-order valence-corrected chi connectivity index (χ2v) is 6.58. The third kappa shape index (κ3) is 3.44. The summed E-state index contributed by atoms with van der Waals surface area (Å²) < 4.78 is 13.3. The van der Waals surface area contributed by atoms with Crippen molar-refractivity contribution in [3.8, 4) is 0 Å². The van der Waals surface area contributed by atoms with Crippen LogP contribution in [0.4, 0.5) is 16.2 Å². The van der Waals surface area contributed by atoms with Crippen molar-refractivity contribution in [3.05, 3.63) is 42.1 Å². The van der Waals surface area contributed by atoms with Gasteiger partial charge in [-0.25, -0.2) is 9.37 Å². The Labute approximate surface area is 151 Å². The van der Waals surface area contributed by atoms with Crippen molar-refractivity contribution in [2.45, 2.75) is 12.8 Å². The molecule has 2 aliphatic heterocycles. The molecule has 0 unspecified atom stereocenters. The molecule has 4 rings (SSSR count). The van der Waals surface area contributed by atoms with Crippen LogP contribution in [0, 0.1) is 5.82 Å². The van der Waals surface area contributed by atoms with E-state index in [1.54, 1.807) is 11.1 Å². The molecule has 2 aromatic rings. The third-order valence-corrected chi connectivity index (χ3v) is 4.86. The lowest BCUT2D eigenvalue weighted by Gasteiger charge is -2.35. The normalized spacial score (nSPS) is 17.7. The second-order valence-electron chi connectivity index (χ2n) is 6.58. The summed E-state index contributed by atoms with van der Waals surface area (Å²) >= 11 is 0. The summed E-state index contributed by atoms with van der Waals surface area (Å²) in [5, 5.41) is 0. The van der Waals surface area contributed by atoms with Gasteiger partial charge in [0.15, 0.2) is 0 Å². The van der Waals surface area contributed by atoms with Crippen LogP contribution in [0.2, 0.25) is 0 Å². The molecular weight excluding hydrogens is 335 g/mol. The van der Waals surface area contributed by atoms with Crippen molar-refractivity contribution in [1.29, 1.82) is 0 Å². The average Bonchev–Trinajstić information content (AvgIpc) is 3.23. The lowest BCUT2D eigenvalue weighted by molar-refractivity contribution is 0.0745. The Balaban J connectivity index is 1.40. The topological polar surface area (TPSA) is 65.5 Å². The minimum Gasteiger partial charge on any atom is -0.353 e. The number of hydrogen-bond acceptors (Lipinski definition) is 6. The minimum absolute atomic E-state index is 0.183. The lowest BCUT2D eigenvalue weighted by Crippen LogP contribution is -2.49. The number of carbonyl (C=O) groups excluding carboxylic acids is 1. The first-order valence-corrected chi connectivity index (χ1v) is 8.93. The predicted octanol–water partition coefficient (Wildman–Crippen LogP) is 1.57. The lowest BCUT2D eigenvalue weighted by atomic mass is 10.2. The van der Waals surface area contributed by atoms with Crippen molar-refractivity contribution in [3.63, 3.8) is 0 Å². The number of hydrogen-bond donors (Lipinski definition) is 0. The van der Waals surface area contributed by atoms with Crippen LogP contribution in [0.25, 0.3) is 0 Å². The van der Waals surface area contributed by atoms with Crippen molar-refractivity contribution < 1.29 is 9.18 Å². The Morgan fingerprint density at radius 1 is 1.00 bits per heavy atom. The van der Waals surface area contributed by atoms with E-state index >= 15 is 0 Å². The molecule has 0 bridgehead atoms. The number of aromatic nitrogens is 3. The zero-order chi connectivity index (χ0) is 17.9. The molecule has 1 amide bonds. The molecule has 0 saturated carbocycles. The van der Waals surface area contributed by atoms with Gasteiger partial charge in [-0.05, 0) is 25.0 Å². The molecule has 0 N–H and O–H groups in total. The minimum atomic E-state index is -0.495. The van der Waals surface area contributed by atoms with E-state index in [4.69, 9.17) is 4.98 Å². The van der Waals surface area contributed by atoms with Crippen LogP contribution in [-0.4, -0.2) is 65.0 Å². The highest BCUT2D eigenvalue weighted by atomic mass is 19.1. The Kier molecular flexibility index (Phi) is 4.64. The van der Waals surface area contributed by atoms with Gasteiger partial charge < -0.3 is 14.7 Å². The van der Waals surface area contributed by atoms with Gasteiger partial charge >= 0.3 is 0 Å². The fourth-order valence-corrected chi connectivity index (χ4v) is 3.43. The summed E-state index contributed by atoms with van der Waals surface area (Å²) in [5.41, 5.74) is 0.289. The summed E-state index contributed by atoms with van der Waals surface area (Å²) in [5.74, 6) is 0.993. The van der Waals surface area contributed by atoms with Gasteiger partial charge in [-0.2, -0.15) is 4.98 Å². The summed E-state index contributed by atoms with van der Waals surface area (Å²) in [6.45, 7) is 4.52. The van der Waals surface area contributed by atoms with E-state index < -0.39 is 5.82 Å². The summed E-state index contributed by atoms with van der Waals surface area (Å²) in [6.07, 6.45) is 6.67. The average molecular weight is 356 g/mol. The SMILES string of the molecule is O=C(c1cncc(F)c1)N1CCN(c2ccnc(N3CCCC3)n2)CC1. The van der Waals surface area contributed by atoms with E-state index in [1.165, 1.54) is 25.1 Å². The zero-order valence-electron chi connectivity index (χ0n) is 14.5. The van der Waals surface area contributed by atoms with Crippen molar-refractivity contribution in [1.82, 2.24) is 19.9 Å². The van der Waals surface area contributed by atoms with Crippen LogP contribution in [0.1, 0.15) is 23.2 Å². The molecule has 0 atom stereocenters. The molecule has 136 valence electrons. The largest absolute Gasteiger partial charge is 0.353 e. The van der Waals surface area contributed by atoms with Crippen LogP contribution in [-0.2, 0) is 0 Å². The number of rotatable bonds is 3. The van der Waals surface area contributed by atoms with Crippen LogP contribution in [0.3, 0.4) is 0 Å². The van der Waals surface area contributed by atoms with Crippen LogP contribution >= 0.6 is 0 Å². The van der Waals surface area contributed by atoms with Gasteiger partial charge in [-0.1, -0.05) is 0 Å². The Morgan fingerprint density at radius 2 is 1.77 bits per heavy atom. The van der Waals surface area contributed by atoms with Gasteiger partial charge in [0.05, 0.1) is 11.8 Å². The van der Waals surface area contributed by atoms with Gasteiger partial charge in [-0.3, -0.25) is 9.78 Å². The first kappa shape index (κ1) is 16.7. The van der Waals surface area contributed by atoms with Gasteiger partial charge in [-0.15, -0.1) is 0 Å². The maximum absolute atomic E-state index is 13.3. The van der Waals surface area contributed by atoms with Gasteiger partial charge in [0, 0.05) is 51.7 Å². The molecule has 2 saturated heterocycles. The Bertz CT molecular complexity index is 787. The molecule has 0 aromatic carbocycles. The van der Waals surface area contributed by atoms with E-state index in [0.717, 1.165) is 31.1 Å². The van der Waals surface area contributed by atoms with E-state index in [-0.39, 0.29) is 11.5 Å². The highest BCUT2D eigenvalue weighted by Crippen LogP contribution is 2.20. The fourth-order valence-electron chi connectivity index (χ4n) is 3.43. The first-order chi connectivity index (χ1) is 12.7. The molecular formula is C18H21FN6O. The number of nitrogens with zero attached hydrogens (tertiary/aromatic N) is 6. The molecule has 0 radical (unpaired) electrons. The predicted molar refractivity (Wildman–Crippen MR) is 95.8 cm³/mol. The zero-order valence-corrected chi connectivity index (χ0v) is 14.5. The summed E-state index contributed by atoms with van der Waals surface area (Å²) in [6, 6.07) is 3.14. The number of piperazine rings is 1. The second kappa shape index (κ2) is 7.23. The molecule has 2 fully saturated rings. The van der Waals surface area contributed by atoms with Crippen molar-refractivity contribution in [2.24, 2.45) is 0 Å². The number of pyridine rings is 1. The molecule has 8 heteroatoms. The van der Waals surface area contributed by atoms with Crippen molar-refractivity contribution in [2.75, 3.05) is 49.1 Å². The molecule has 2 aliphatic rings.